The molecule has 0 radical (unpaired) electrons. The van der Waals surface area contributed by atoms with Crippen LogP contribution in [0.4, 0.5) is 5.69 Å². The molecule has 1 saturated heterocycles. The number of hydrogen-bond donors (Lipinski definition) is 2. The summed E-state index contributed by atoms with van der Waals surface area (Å²) in [6, 6.07) is 12.0. The molecule has 3 rings (SSSR count). The first-order valence-corrected chi connectivity index (χ1v) is 13.3. The van der Waals surface area contributed by atoms with Crippen LogP contribution < -0.4 is 20.3 Å². The van der Waals surface area contributed by atoms with Gasteiger partial charge in [-0.1, -0.05) is 32.0 Å². The number of amides is 2. The van der Waals surface area contributed by atoms with Gasteiger partial charge in [-0.15, -0.1) is 11.3 Å². The highest BCUT2D eigenvalue weighted by Crippen LogP contribution is 2.32. The maximum Gasteiger partial charge on any atom is 0.309 e. The summed E-state index contributed by atoms with van der Waals surface area (Å²) < 4.78 is 5.55. The van der Waals surface area contributed by atoms with Crippen LogP contribution in [0.15, 0.2) is 41.8 Å². The Morgan fingerprint density at radius 2 is 1.77 bits per heavy atom. The minimum atomic E-state index is -0.578. The molecule has 1 aromatic heterocycles. The van der Waals surface area contributed by atoms with Gasteiger partial charge >= 0.3 is 11.8 Å². The van der Waals surface area contributed by atoms with Crippen LogP contribution in [0, 0.1) is 0 Å². The van der Waals surface area contributed by atoms with Gasteiger partial charge in [-0.3, -0.25) is 14.5 Å². The van der Waals surface area contributed by atoms with E-state index in [0.29, 0.717) is 6.54 Å². The van der Waals surface area contributed by atoms with E-state index in [4.69, 9.17) is 4.74 Å². The van der Waals surface area contributed by atoms with Gasteiger partial charge in [-0.25, -0.2) is 0 Å². The average molecular weight is 502 g/mol. The third-order valence-electron chi connectivity index (χ3n) is 6.61. The number of hydrogen-bond acceptors (Lipinski definition) is 7. The summed E-state index contributed by atoms with van der Waals surface area (Å²) in [4.78, 5) is 33.2. The van der Waals surface area contributed by atoms with Crippen LogP contribution in [0.5, 0.6) is 5.75 Å². The van der Waals surface area contributed by atoms with E-state index >= 15 is 0 Å². The first-order valence-electron chi connectivity index (χ1n) is 12.4. The van der Waals surface area contributed by atoms with Gasteiger partial charge in [0.25, 0.3) is 0 Å². The fraction of sp³-hybridized carbons (Fsp3) is 0.538. The van der Waals surface area contributed by atoms with Crippen molar-refractivity contribution in [3.63, 3.8) is 0 Å². The molecule has 1 aliphatic rings. The molecule has 9 heteroatoms. The number of piperazine rings is 1. The third kappa shape index (κ3) is 7.19. The van der Waals surface area contributed by atoms with Crippen molar-refractivity contribution in [3.8, 4) is 5.75 Å². The molecule has 2 N–H and O–H groups in total. The van der Waals surface area contributed by atoms with Gasteiger partial charge in [-0.2, -0.15) is 0 Å². The fourth-order valence-corrected chi connectivity index (χ4v) is 5.60. The molecule has 0 bridgehead atoms. The number of nitrogens with zero attached hydrogens (tertiary/aromatic N) is 3. The van der Waals surface area contributed by atoms with Gasteiger partial charge in [-0.05, 0) is 43.6 Å². The maximum atomic E-state index is 12.7. The van der Waals surface area contributed by atoms with E-state index in [1.54, 1.807) is 18.4 Å². The van der Waals surface area contributed by atoms with Gasteiger partial charge in [0.1, 0.15) is 5.75 Å². The van der Waals surface area contributed by atoms with Crippen molar-refractivity contribution in [2.45, 2.75) is 32.9 Å². The molecule has 1 aromatic carbocycles. The summed E-state index contributed by atoms with van der Waals surface area (Å²) >= 11 is 1.68. The zero-order valence-electron chi connectivity index (χ0n) is 21.3. The molecule has 0 unspecified atom stereocenters. The number of rotatable bonds is 11. The lowest BCUT2D eigenvalue weighted by Crippen LogP contribution is -2.54. The van der Waals surface area contributed by atoms with Crippen molar-refractivity contribution < 1.29 is 14.3 Å². The van der Waals surface area contributed by atoms with Crippen molar-refractivity contribution in [2.75, 3.05) is 64.4 Å². The van der Waals surface area contributed by atoms with Crippen LogP contribution in [-0.4, -0.2) is 87.1 Å². The number of anilines is 1. The number of nitrogens with one attached hydrogen (secondary N) is 2. The highest BCUT2D eigenvalue weighted by atomic mass is 32.1. The Morgan fingerprint density at radius 1 is 1.06 bits per heavy atom. The largest absolute Gasteiger partial charge is 0.495 e. The van der Waals surface area contributed by atoms with E-state index in [2.05, 4.69) is 56.7 Å². The highest BCUT2D eigenvalue weighted by molar-refractivity contribution is 7.10. The number of methoxy groups -OCH3 is 1. The van der Waals surface area contributed by atoms with Crippen LogP contribution >= 0.6 is 11.3 Å². The smallest absolute Gasteiger partial charge is 0.309 e. The first kappa shape index (κ1) is 27.0. The lowest BCUT2D eigenvalue weighted by atomic mass is 10.0. The molecule has 2 atom stereocenters. The predicted molar refractivity (Wildman–Crippen MR) is 142 cm³/mol. The van der Waals surface area contributed by atoms with E-state index in [1.807, 2.05) is 31.2 Å². The molecule has 2 aromatic rings. The van der Waals surface area contributed by atoms with Gasteiger partial charge < -0.3 is 25.2 Å². The zero-order valence-corrected chi connectivity index (χ0v) is 22.1. The van der Waals surface area contributed by atoms with Crippen LogP contribution in [0.25, 0.3) is 0 Å². The topological polar surface area (TPSA) is 77.2 Å². The Hall–Kier alpha value is -2.62. The van der Waals surface area contributed by atoms with Crippen LogP contribution in [-0.2, 0) is 9.59 Å². The number of para-hydroxylation sites is 2. The van der Waals surface area contributed by atoms with Crippen LogP contribution in [0.1, 0.15) is 31.7 Å². The summed E-state index contributed by atoms with van der Waals surface area (Å²) in [7, 11) is 1.70. The molecule has 1 aliphatic heterocycles. The number of benzene rings is 1. The van der Waals surface area contributed by atoms with E-state index in [0.717, 1.165) is 57.3 Å². The molecular formula is C26H39N5O3S. The lowest BCUT2D eigenvalue weighted by molar-refractivity contribution is -0.139. The Labute approximate surface area is 213 Å². The SMILES string of the molecule is CCN(CC)CCNC(=O)C(=O)N[C@H](C)[C@@H](c1cccs1)N1CCN(c2ccccc2OC)CC1. The predicted octanol–water partition coefficient (Wildman–Crippen LogP) is 2.58. The molecule has 35 heavy (non-hydrogen) atoms. The number of carbonyl (C=O) groups excluding carboxylic acids is 2. The quantitative estimate of drug-likeness (QED) is 0.461. The number of thiophene rings is 1. The summed E-state index contributed by atoms with van der Waals surface area (Å²) in [5.41, 5.74) is 1.10. The second-order valence-electron chi connectivity index (χ2n) is 8.70. The Morgan fingerprint density at radius 3 is 2.40 bits per heavy atom. The molecule has 192 valence electrons. The number of carbonyl (C=O) groups is 2. The summed E-state index contributed by atoms with van der Waals surface area (Å²) in [5.74, 6) is -0.274. The van der Waals surface area contributed by atoms with E-state index < -0.39 is 11.8 Å². The van der Waals surface area contributed by atoms with Gasteiger partial charge in [0, 0.05) is 50.2 Å². The first-order chi connectivity index (χ1) is 17.0. The third-order valence-corrected chi connectivity index (χ3v) is 7.56. The average Bonchev–Trinajstić information content (AvgIpc) is 3.41. The molecule has 0 aliphatic carbocycles. The summed E-state index contributed by atoms with van der Waals surface area (Å²) in [6.45, 7) is 12.6. The van der Waals surface area contributed by atoms with Crippen LogP contribution in [0.2, 0.25) is 0 Å². The van der Waals surface area contributed by atoms with Gasteiger partial charge in [0.05, 0.1) is 18.8 Å². The highest BCUT2D eigenvalue weighted by Gasteiger charge is 2.32. The van der Waals surface area contributed by atoms with Crippen LogP contribution in [0.3, 0.4) is 0 Å². The van der Waals surface area contributed by atoms with E-state index in [-0.39, 0.29) is 12.1 Å². The molecule has 1 fully saturated rings. The molecule has 0 spiro atoms. The Bertz CT molecular complexity index is 927. The monoisotopic (exact) mass is 501 g/mol. The van der Waals surface area contributed by atoms with Crippen molar-refractivity contribution >= 4 is 28.8 Å². The van der Waals surface area contributed by atoms with E-state index in [1.165, 1.54) is 4.88 Å². The standard InChI is InChI=1S/C26H39N5O3S/c1-5-29(6-2)14-13-27-25(32)26(33)28-20(3)24(23-12-9-19-35-23)31-17-15-30(16-18-31)21-10-7-8-11-22(21)34-4/h7-12,19-20,24H,5-6,13-18H2,1-4H3,(H,27,32)(H,28,33)/t20-,24+/m1/s1. The lowest BCUT2D eigenvalue weighted by Gasteiger charge is -2.42. The molecule has 8 nitrogen and oxygen atoms in total. The normalized spacial score (nSPS) is 16.1. The second kappa shape index (κ2) is 13.5. The zero-order chi connectivity index (χ0) is 25.2. The van der Waals surface area contributed by atoms with Crippen molar-refractivity contribution in [1.82, 2.24) is 20.4 Å². The minimum absolute atomic E-state index is 0.00208. The van der Waals surface area contributed by atoms with Crippen molar-refractivity contribution in [1.29, 1.82) is 0 Å². The fourth-order valence-electron chi connectivity index (χ4n) is 4.63. The van der Waals surface area contributed by atoms with Crippen molar-refractivity contribution in [2.24, 2.45) is 0 Å². The van der Waals surface area contributed by atoms with Gasteiger partial charge in [0.15, 0.2) is 0 Å². The number of likely N-dealkylation sites (N-methyl/N-ethyl adjacent to an activating group) is 1. The second-order valence-corrected chi connectivity index (χ2v) is 9.68. The molecular weight excluding hydrogens is 462 g/mol. The van der Waals surface area contributed by atoms with Crippen molar-refractivity contribution in [3.05, 3.63) is 46.7 Å². The van der Waals surface area contributed by atoms with Gasteiger partial charge in [0.2, 0.25) is 0 Å². The molecule has 2 heterocycles. The van der Waals surface area contributed by atoms with E-state index in [9.17, 15) is 9.59 Å². The summed E-state index contributed by atoms with van der Waals surface area (Å²) in [5, 5.41) is 7.77. The maximum absolute atomic E-state index is 12.7. The minimum Gasteiger partial charge on any atom is -0.495 e. The molecule has 0 saturated carbocycles. The Balaban J connectivity index is 1.60. The number of ether oxygens (including phenoxy) is 1. The summed E-state index contributed by atoms with van der Waals surface area (Å²) in [6.07, 6.45) is 0. The molecule has 2 amide bonds. The Kier molecular flexibility index (Phi) is 10.4.